The molecule has 0 bridgehead atoms. The number of phenolic OH excluding ortho intramolecular Hbond substituents is 1. The van der Waals surface area contributed by atoms with Crippen molar-refractivity contribution in [2.75, 3.05) is 7.11 Å². The molecular formula is C16H29CaO4P. The molecule has 0 amide bonds. The zero-order valence-electron chi connectivity index (χ0n) is 16.7. The molecule has 0 aliphatic rings. The van der Waals surface area contributed by atoms with Gasteiger partial charge >= 0.3 is 45.3 Å². The molecular weight excluding hydrogens is 327 g/mol. The molecule has 2 N–H and O–H groups in total. The first-order valence-corrected chi connectivity index (χ1v) is 8.78. The zero-order chi connectivity index (χ0) is 16.6. The molecule has 1 atom stereocenters. The van der Waals surface area contributed by atoms with E-state index in [1.54, 1.807) is 12.1 Å². The van der Waals surface area contributed by atoms with Gasteiger partial charge in [0.1, 0.15) is 5.75 Å². The van der Waals surface area contributed by atoms with Crippen molar-refractivity contribution in [1.29, 1.82) is 0 Å². The Labute approximate surface area is 166 Å². The summed E-state index contributed by atoms with van der Waals surface area (Å²) in [5.41, 5.74) is 1.75. The Kier molecular flexibility index (Phi) is 7.69. The van der Waals surface area contributed by atoms with Crippen LogP contribution in [0.4, 0.5) is 0 Å². The first-order valence-electron chi connectivity index (χ1n) is 7.02. The second-order valence-electron chi connectivity index (χ2n) is 7.52. The van der Waals surface area contributed by atoms with Crippen LogP contribution in [0.5, 0.6) is 5.75 Å². The Morgan fingerprint density at radius 3 is 1.73 bits per heavy atom. The van der Waals surface area contributed by atoms with E-state index in [1.165, 1.54) is 7.11 Å². The van der Waals surface area contributed by atoms with Gasteiger partial charge in [0.05, 0.1) is 6.16 Å². The fourth-order valence-electron chi connectivity index (χ4n) is 2.22. The van der Waals surface area contributed by atoms with Crippen molar-refractivity contribution in [3.8, 4) is 5.75 Å². The van der Waals surface area contributed by atoms with E-state index in [0.717, 1.165) is 11.1 Å². The second-order valence-corrected chi connectivity index (χ2v) is 9.47. The molecule has 1 rings (SSSR count). The van der Waals surface area contributed by atoms with Gasteiger partial charge in [0.15, 0.2) is 0 Å². The van der Waals surface area contributed by atoms with Crippen LogP contribution in [0, 0.1) is 0 Å². The van der Waals surface area contributed by atoms with Crippen LogP contribution in [0.25, 0.3) is 0 Å². The van der Waals surface area contributed by atoms with Gasteiger partial charge < -0.3 is 17.4 Å². The van der Waals surface area contributed by atoms with Crippen LogP contribution in [0.2, 0.25) is 0 Å². The SMILES string of the molecule is COP(=O)(O)Cc1cc(C(C)(C)C)c(O)c(C(C)(C)C)c1.[Ca+2].[H-].[H-]. The van der Waals surface area contributed by atoms with E-state index in [1.807, 2.05) is 41.5 Å². The topological polar surface area (TPSA) is 66.8 Å². The summed E-state index contributed by atoms with van der Waals surface area (Å²) >= 11 is 0. The summed E-state index contributed by atoms with van der Waals surface area (Å²) in [5, 5.41) is 10.6. The molecule has 124 valence electrons. The quantitative estimate of drug-likeness (QED) is 0.630. The van der Waals surface area contributed by atoms with Gasteiger partial charge in [-0.1, -0.05) is 53.7 Å². The van der Waals surface area contributed by atoms with Gasteiger partial charge in [0.2, 0.25) is 0 Å². The van der Waals surface area contributed by atoms with Gasteiger partial charge in [0, 0.05) is 7.11 Å². The van der Waals surface area contributed by atoms with E-state index in [4.69, 9.17) is 0 Å². The van der Waals surface area contributed by atoms with E-state index >= 15 is 0 Å². The Bertz CT molecular complexity index is 545. The zero-order valence-corrected chi connectivity index (χ0v) is 17.8. The molecule has 0 radical (unpaired) electrons. The third-order valence-electron chi connectivity index (χ3n) is 3.45. The van der Waals surface area contributed by atoms with Gasteiger partial charge in [-0.15, -0.1) is 0 Å². The second kappa shape index (κ2) is 7.55. The van der Waals surface area contributed by atoms with Crippen molar-refractivity contribution in [2.24, 2.45) is 0 Å². The number of phenols is 1. The number of benzene rings is 1. The van der Waals surface area contributed by atoms with Crippen LogP contribution >= 0.6 is 7.60 Å². The fourth-order valence-corrected chi connectivity index (χ4v) is 3.00. The molecule has 0 aromatic heterocycles. The van der Waals surface area contributed by atoms with Crippen molar-refractivity contribution in [2.45, 2.75) is 58.5 Å². The molecule has 1 aromatic carbocycles. The summed E-state index contributed by atoms with van der Waals surface area (Å²) in [6.07, 6.45) is -0.0596. The summed E-state index contributed by atoms with van der Waals surface area (Å²) in [4.78, 5) is 9.70. The van der Waals surface area contributed by atoms with Crippen LogP contribution in [0.3, 0.4) is 0 Å². The smallest absolute Gasteiger partial charge is 1.00 e. The molecule has 0 spiro atoms. The van der Waals surface area contributed by atoms with Crippen LogP contribution in [0.1, 0.15) is 61.1 Å². The Balaban J connectivity index is -0.00000147. The van der Waals surface area contributed by atoms with Crippen molar-refractivity contribution in [1.82, 2.24) is 0 Å². The van der Waals surface area contributed by atoms with E-state index in [2.05, 4.69) is 4.52 Å². The molecule has 0 aliphatic carbocycles. The minimum atomic E-state index is -3.64. The molecule has 0 saturated carbocycles. The average Bonchev–Trinajstić information content (AvgIpc) is 2.28. The molecule has 0 saturated heterocycles. The van der Waals surface area contributed by atoms with E-state index in [0.29, 0.717) is 5.56 Å². The first-order chi connectivity index (χ1) is 9.28. The van der Waals surface area contributed by atoms with Crippen molar-refractivity contribution < 1.29 is 21.9 Å². The van der Waals surface area contributed by atoms with Gasteiger partial charge in [-0.05, 0) is 27.5 Å². The van der Waals surface area contributed by atoms with Gasteiger partial charge in [-0.3, -0.25) is 4.57 Å². The van der Waals surface area contributed by atoms with Crippen LogP contribution in [-0.2, 0) is 26.1 Å². The number of hydrogen-bond acceptors (Lipinski definition) is 3. The number of rotatable bonds is 3. The summed E-state index contributed by atoms with van der Waals surface area (Å²) in [6, 6.07) is 3.60. The van der Waals surface area contributed by atoms with Crippen LogP contribution in [-0.4, -0.2) is 54.8 Å². The number of aromatic hydroxyl groups is 1. The molecule has 1 unspecified atom stereocenters. The van der Waals surface area contributed by atoms with E-state index < -0.39 is 7.60 Å². The van der Waals surface area contributed by atoms with Crippen LogP contribution < -0.4 is 0 Å². The molecule has 0 aliphatic heterocycles. The maximum absolute atomic E-state index is 11.8. The summed E-state index contributed by atoms with van der Waals surface area (Å²) in [6.45, 7) is 12.0. The predicted octanol–water partition coefficient (Wildman–Crippen LogP) is 4.16. The third-order valence-corrected chi connectivity index (χ3v) is 4.79. The van der Waals surface area contributed by atoms with Gasteiger partial charge in [-0.25, -0.2) is 0 Å². The minimum Gasteiger partial charge on any atom is -1.00 e. The molecule has 4 nitrogen and oxygen atoms in total. The predicted molar refractivity (Wildman–Crippen MR) is 94.0 cm³/mol. The first kappa shape index (κ1) is 22.4. The Morgan fingerprint density at radius 1 is 1.09 bits per heavy atom. The summed E-state index contributed by atoms with van der Waals surface area (Å²) in [7, 11) is -2.40. The molecule has 0 fully saturated rings. The normalized spacial score (nSPS) is 15.1. The molecule has 6 heteroatoms. The van der Waals surface area contributed by atoms with Crippen molar-refractivity contribution in [3.63, 3.8) is 0 Å². The van der Waals surface area contributed by atoms with Gasteiger partial charge in [0.25, 0.3) is 0 Å². The molecule has 0 heterocycles. The standard InChI is InChI=1S/C16H27O4P.Ca.2H/c1-15(2,3)12-8-11(10-21(18,19)20-7)9-13(14(12)17)16(4,5)6;;;/h8-9,17H,10H2,1-7H3,(H,18,19);;;/q;+2;2*-1. The number of hydrogen-bond donors (Lipinski definition) is 2. The van der Waals surface area contributed by atoms with Crippen molar-refractivity contribution in [3.05, 3.63) is 28.8 Å². The summed E-state index contributed by atoms with van der Waals surface area (Å²) in [5.74, 6) is 0.268. The molecule has 1 aromatic rings. The monoisotopic (exact) mass is 356 g/mol. The Hall–Kier alpha value is 0.430. The summed E-state index contributed by atoms with van der Waals surface area (Å²) < 4.78 is 16.5. The average molecular weight is 356 g/mol. The largest absolute Gasteiger partial charge is 2.00 e. The van der Waals surface area contributed by atoms with Gasteiger partial charge in [-0.2, -0.15) is 0 Å². The van der Waals surface area contributed by atoms with E-state index in [-0.39, 0.29) is 63.3 Å². The fraction of sp³-hybridized carbons (Fsp3) is 0.625. The maximum atomic E-state index is 11.8. The third kappa shape index (κ3) is 5.81. The van der Waals surface area contributed by atoms with Crippen molar-refractivity contribution >= 4 is 45.3 Å². The maximum Gasteiger partial charge on any atom is 2.00 e. The minimum absolute atomic E-state index is 0. The molecule has 22 heavy (non-hydrogen) atoms. The van der Waals surface area contributed by atoms with Crippen LogP contribution in [0.15, 0.2) is 12.1 Å². The Morgan fingerprint density at radius 2 is 1.45 bits per heavy atom. The van der Waals surface area contributed by atoms with E-state index in [9.17, 15) is 14.6 Å².